The number of nitrogens with zero attached hydrogens (tertiary/aromatic N) is 4. The number of piperazine rings is 1. The first-order chi connectivity index (χ1) is 15.2. The van der Waals surface area contributed by atoms with Crippen molar-refractivity contribution < 1.29 is 14.3 Å². The Hall–Kier alpha value is -2.80. The van der Waals surface area contributed by atoms with Gasteiger partial charge in [-0.05, 0) is 37.6 Å². The first-order valence-corrected chi connectivity index (χ1v) is 11.1. The molecule has 7 nitrogen and oxygen atoms in total. The van der Waals surface area contributed by atoms with Gasteiger partial charge >= 0.3 is 0 Å². The molecule has 2 fully saturated rings. The van der Waals surface area contributed by atoms with E-state index in [2.05, 4.69) is 20.9 Å². The van der Waals surface area contributed by atoms with Gasteiger partial charge in [-0.2, -0.15) is 0 Å². The average molecular weight is 425 g/mol. The zero-order chi connectivity index (χ0) is 21.6. The van der Waals surface area contributed by atoms with E-state index in [0.29, 0.717) is 6.42 Å². The minimum Gasteiger partial charge on any atom is -0.497 e. The molecule has 0 N–H and O–H groups in total. The minimum atomic E-state index is 0.244. The summed E-state index contributed by atoms with van der Waals surface area (Å²) in [6, 6.07) is 12.3. The van der Waals surface area contributed by atoms with E-state index in [1.807, 2.05) is 41.4 Å². The largest absolute Gasteiger partial charge is 0.497 e. The first kappa shape index (κ1) is 21.4. The average Bonchev–Trinajstić information content (AvgIpc) is 3.31. The summed E-state index contributed by atoms with van der Waals surface area (Å²) in [5.41, 5.74) is 1.18. The van der Waals surface area contributed by atoms with Gasteiger partial charge < -0.3 is 19.3 Å². The van der Waals surface area contributed by atoms with Crippen LogP contribution in [-0.2, 0) is 4.79 Å². The number of aromatic nitrogens is 1. The molecule has 7 heteroatoms. The molecule has 4 rings (SSSR count). The number of benzene rings is 1. The van der Waals surface area contributed by atoms with Gasteiger partial charge in [-0.25, -0.2) is 4.98 Å². The van der Waals surface area contributed by atoms with E-state index in [9.17, 15) is 4.79 Å². The van der Waals surface area contributed by atoms with Crippen molar-refractivity contribution in [1.82, 2.24) is 14.8 Å². The van der Waals surface area contributed by atoms with Gasteiger partial charge in [0.1, 0.15) is 17.3 Å². The van der Waals surface area contributed by atoms with E-state index in [-0.39, 0.29) is 11.9 Å². The molecule has 3 heterocycles. The second kappa shape index (κ2) is 10.0. The van der Waals surface area contributed by atoms with E-state index < -0.39 is 0 Å². The highest BCUT2D eigenvalue weighted by atomic mass is 16.5. The summed E-state index contributed by atoms with van der Waals surface area (Å²) in [7, 11) is 3.36. The number of rotatable bonds is 7. The molecule has 166 valence electrons. The van der Waals surface area contributed by atoms with Gasteiger partial charge in [0.05, 0.1) is 14.2 Å². The van der Waals surface area contributed by atoms with Gasteiger partial charge in [0.25, 0.3) is 0 Å². The van der Waals surface area contributed by atoms with Crippen molar-refractivity contribution in [3.63, 3.8) is 0 Å². The number of hydrogen-bond donors (Lipinski definition) is 0. The molecule has 2 saturated heterocycles. The number of carbonyl (C=O) groups is 1. The Bertz CT molecular complexity index is 868. The Morgan fingerprint density at radius 2 is 1.90 bits per heavy atom. The van der Waals surface area contributed by atoms with Gasteiger partial charge in [0.2, 0.25) is 5.91 Å². The third-order valence-electron chi connectivity index (χ3n) is 6.38. The Labute approximate surface area is 184 Å². The number of methoxy groups -OCH3 is 2. The maximum atomic E-state index is 12.9. The summed E-state index contributed by atoms with van der Waals surface area (Å²) >= 11 is 0. The minimum absolute atomic E-state index is 0.244. The number of hydrogen-bond acceptors (Lipinski definition) is 6. The maximum absolute atomic E-state index is 12.9. The Morgan fingerprint density at radius 1 is 1.06 bits per heavy atom. The van der Waals surface area contributed by atoms with Crippen molar-refractivity contribution in [2.75, 3.05) is 58.4 Å². The lowest BCUT2D eigenvalue weighted by Crippen LogP contribution is -2.49. The molecule has 0 aliphatic carbocycles. The predicted molar refractivity (Wildman–Crippen MR) is 121 cm³/mol. The molecule has 2 aliphatic rings. The molecule has 0 spiro atoms. The van der Waals surface area contributed by atoms with Crippen LogP contribution in [0.5, 0.6) is 11.5 Å². The van der Waals surface area contributed by atoms with Crippen LogP contribution in [0, 0.1) is 0 Å². The summed E-state index contributed by atoms with van der Waals surface area (Å²) in [5.74, 6) is 2.88. The fourth-order valence-electron chi connectivity index (χ4n) is 4.66. The summed E-state index contributed by atoms with van der Waals surface area (Å²) in [4.78, 5) is 24.0. The van der Waals surface area contributed by atoms with Crippen LogP contribution in [0.1, 0.15) is 30.9 Å². The lowest BCUT2D eigenvalue weighted by molar-refractivity contribution is -0.131. The number of likely N-dealkylation sites (tertiary alicyclic amines) is 1. The molecule has 1 aromatic heterocycles. The van der Waals surface area contributed by atoms with Crippen molar-refractivity contribution >= 4 is 11.7 Å². The summed E-state index contributed by atoms with van der Waals surface area (Å²) < 4.78 is 11.0. The van der Waals surface area contributed by atoms with Crippen LogP contribution < -0.4 is 14.4 Å². The lowest BCUT2D eigenvalue weighted by atomic mass is 10.0. The molecular weight excluding hydrogens is 392 g/mol. The third kappa shape index (κ3) is 4.93. The predicted octanol–water partition coefficient (Wildman–Crippen LogP) is 2.97. The number of amides is 1. The van der Waals surface area contributed by atoms with Crippen LogP contribution in [0.25, 0.3) is 0 Å². The van der Waals surface area contributed by atoms with Gasteiger partial charge in [-0.1, -0.05) is 12.1 Å². The van der Waals surface area contributed by atoms with Gasteiger partial charge in [-0.15, -0.1) is 0 Å². The fourth-order valence-corrected chi connectivity index (χ4v) is 4.66. The van der Waals surface area contributed by atoms with E-state index in [0.717, 1.165) is 69.4 Å². The zero-order valence-electron chi connectivity index (χ0n) is 18.5. The number of ether oxygens (including phenoxy) is 2. The van der Waals surface area contributed by atoms with E-state index in [1.54, 1.807) is 14.2 Å². The summed E-state index contributed by atoms with van der Waals surface area (Å²) in [6.07, 6.45) is 4.59. The van der Waals surface area contributed by atoms with E-state index >= 15 is 0 Å². The number of pyridine rings is 1. The Balaban J connectivity index is 1.31. The van der Waals surface area contributed by atoms with Crippen molar-refractivity contribution in [3.05, 3.63) is 48.2 Å². The van der Waals surface area contributed by atoms with Crippen molar-refractivity contribution in [2.45, 2.75) is 25.3 Å². The SMILES string of the molecule is COc1ccc(C2CCCN2CCC(=O)N2CCN(c3ccccn3)CC2)c(OC)c1. The molecule has 0 saturated carbocycles. The summed E-state index contributed by atoms with van der Waals surface area (Å²) in [5, 5.41) is 0. The van der Waals surface area contributed by atoms with Crippen molar-refractivity contribution in [2.24, 2.45) is 0 Å². The van der Waals surface area contributed by atoms with Gasteiger partial charge in [-0.3, -0.25) is 9.69 Å². The molecule has 1 aromatic carbocycles. The monoisotopic (exact) mass is 424 g/mol. The molecule has 0 radical (unpaired) electrons. The topological polar surface area (TPSA) is 58.1 Å². The molecule has 31 heavy (non-hydrogen) atoms. The Kier molecular flexibility index (Phi) is 6.92. The molecule has 2 aromatic rings. The molecule has 1 atom stereocenters. The molecule has 2 aliphatic heterocycles. The highest BCUT2D eigenvalue weighted by Gasteiger charge is 2.29. The van der Waals surface area contributed by atoms with Crippen LogP contribution >= 0.6 is 0 Å². The zero-order valence-corrected chi connectivity index (χ0v) is 18.5. The second-order valence-electron chi connectivity index (χ2n) is 8.11. The van der Waals surface area contributed by atoms with Gasteiger partial charge in [0, 0.05) is 63.0 Å². The van der Waals surface area contributed by atoms with Crippen molar-refractivity contribution in [3.8, 4) is 11.5 Å². The number of anilines is 1. The van der Waals surface area contributed by atoms with Gasteiger partial charge in [0.15, 0.2) is 0 Å². The van der Waals surface area contributed by atoms with Crippen LogP contribution in [0.4, 0.5) is 5.82 Å². The van der Waals surface area contributed by atoms with E-state index in [4.69, 9.17) is 9.47 Å². The van der Waals surface area contributed by atoms with Crippen LogP contribution in [0.15, 0.2) is 42.6 Å². The maximum Gasteiger partial charge on any atom is 0.223 e. The molecule has 1 amide bonds. The third-order valence-corrected chi connectivity index (χ3v) is 6.38. The molecule has 1 unspecified atom stereocenters. The fraction of sp³-hybridized carbons (Fsp3) is 0.500. The number of carbonyl (C=O) groups excluding carboxylic acids is 1. The summed E-state index contributed by atoms with van der Waals surface area (Å²) in [6.45, 7) is 4.96. The smallest absolute Gasteiger partial charge is 0.223 e. The Morgan fingerprint density at radius 3 is 2.61 bits per heavy atom. The second-order valence-corrected chi connectivity index (χ2v) is 8.11. The first-order valence-electron chi connectivity index (χ1n) is 11.1. The molecular formula is C24H32N4O3. The molecule has 0 bridgehead atoms. The lowest BCUT2D eigenvalue weighted by Gasteiger charge is -2.36. The van der Waals surface area contributed by atoms with Crippen LogP contribution in [0.2, 0.25) is 0 Å². The van der Waals surface area contributed by atoms with Crippen molar-refractivity contribution in [1.29, 1.82) is 0 Å². The normalized spacial score (nSPS) is 19.5. The highest BCUT2D eigenvalue weighted by molar-refractivity contribution is 5.76. The highest BCUT2D eigenvalue weighted by Crippen LogP contribution is 2.38. The quantitative estimate of drug-likeness (QED) is 0.681. The van der Waals surface area contributed by atoms with Crippen LogP contribution in [-0.4, -0.2) is 74.2 Å². The van der Waals surface area contributed by atoms with E-state index in [1.165, 1.54) is 5.56 Å². The standard InChI is InChI=1S/C24H32N4O3/c1-30-19-8-9-20(22(18-19)31-2)21-6-5-12-26(21)13-10-24(29)28-16-14-27(15-17-28)23-7-3-4-11-25-23/h3-4,7-9,11,18,21H,5-6,10,12-17H2,1-2H3. The van der Waals surface area contributed by atoms with Crippen LogP contribution in [0.3, 0.4) is 0 Å².